The largest absolute Gasteiger partial charge is 0.481 e. The van der Waals surface area contributed by atoms with Crippen LogP contribution < -0.4 is 11.1 Å². The Bertz CT molecular complexity index is 508. The minimum absolute atomic E-state index is 0.0816. The van der Waals surface area contributed by atoms with Gasteiger partial charge in [0.05, 0.1) is 5.54 Å². The van der Waals surface area contributed by atoms with Crippen LogP contribution in [0.2, 0.25) is 0 Å². The van der Waals surface area contributed by atoms with E-state index in [0.29, 0.717) is 12.1 Å². The van der Waals surface area contributed by atoms with Crippen molar-refractivity contribution < 1.29 is 14.7 Å². The van der Waals surface area contributed by atoms with Gasteiger partial charge in [0.2, 0.25) is 5.91 Å². The second-order valence-electron chi connectivity index (χ2n) is 5.41. The summed E-state index contributed by atoms with van der Waals surface area (Å²) >= 11 is 0. The van der Waals surface area contributed by atoms with Crippen LogP contribution in [0.4, 0.5) is 5.69 Å². The number of nitrogens with two attached hydrogens (primary N) is 1. The number of aliphatic carboxylic acids is 1. The molecule has 0 aliphatic heterocycles. The van der Waals surface area contributed by atoms with Gasteiger partial charge in [-0.05, 0) is 37.0 Å². The van der Waals surface area contributed by atoms with Crippen LogP contribution in [0.15, 0.2) is 24.3 Å². The van der Waals surface area contributed by atoms with E-state index in [4.69, 9.17) is 10.8 Å². The van der Waals surface area contributed by atoms with Gasteiger partial charge in [0, 0.05) is 12.1 Å². The van der Waals surface area contributed by atoms with E-state index in [1.807, 2.05) is 12.1 Å². The lowest BCUT2D eigenvalue weighted by Gasteiger charge is -2.22. The smallest absolute Gasteiger partial charge is 0.303 e. The van der Waals surface area contributed by atoms with Crippen molar-refractivity contribution in [3.63, 3.8) is 0 Å². The molecule has 5 nitrogen and oxygen atoms in total. The predicted octanol–water partition coefficient (Wildman–Crippen LogP) is 1.91. The summed E-state index contributed by atoms with van der Waals surface area (Å²) in [4.78, 5) is 22.7. The number of carbonyl (C=O) groups is 2. The number of amides is 1. The summed E-state index contributed by atoms with van der Waals surface area (Å²) in [5, 5.41) is 11.5. The standard InChI is InChI=1S/C15H20N2O3/c16-15(8-1-2-9-15)14(20)17-12-5-3-4-11(10-12)6-7-13(18)19/h3-5,10H,1-2,6-9,16H2,(H,17,20)(H,18,19). The topological polar surface area (TPSA) is 92.4 Å². The van der Waals surface area contributed by atoms with Gasteiger partial charge in [-0.1, -0.05) is 25.0 Å². The Balaban J connectivity index is 2.00. The molecule has 108 valence electrons. The SMILES string of the molecule is NC1(C(=O)Nc2cccc(CCC(=O)O)c2)CCCC1. The molecule has 0 heterocycles. The second-order valence-corrected chi connectivity index (χ2v) is 5.41. The fourth-order valence-electron chi connectivity index (χ4n) is 2.54. The zero-order valence-electron chi connectivity index (χ0n) is 11.4. The zero-order chi connectivity index (χ0) is 14.6. The molecule has 20 heavy (non-hydrogen) atoms. The lowest BCUT2D eigenvalue weighted by Crippen LogP contribution is -2.48. The fraction of sp³-hybridized carbons (Fsp3) is 0.467. The van der Waals surface area contributed by atoms with E-state index in [0.717, 1.165) is 31.2 Å². The van der Waals surface area contributed by atoms with Gasteiger partial charge in [-0.2, -0.15) is 0 Å². The molecule has 0 bridgehead atoms. The van der Waals surface area contributed by atoms with Crippen molar-refractivity contribution in [3.05, 3.63) is 29.8 Å². The van der Waals surface area contributed by atoms with Crippen LogP contribution in [-0.4, -0.2) is 22.5 Å². The van der Waals surface area contributed by atoms with E-state index in [1.54, 1.807) is 12.1 Å². The number of aryl methyl sites for hydroxylation is 1. The van der Waals surface area contributed by atoms with Crippen molar-refractivity contribution in [1.29, 1.82) is 0 Å². The molecule has 0 spiro atoms. The quantitative estimate of drug-likeness (QED) is 0.766. The van der Waals surface area contributed by atoms with E-state index in [1.165, 1.54) is 0 Å². The average Bonchev–Trinajstić information content (AvgIpc) is 2.85. The van der Waals surface area contributed by atoms with E-state index in [-0.39, 0.29) is 12.3 Å². The fourth-order valence-corrected chi connectivity index (χ4v) is 2.54. The Kier molecular flexibility index (Phi) is 4.39. The summed E-state index contributed by atoms with van der Waals surface area (Å²) in [7, 11) is 0. The molecule has 0 aromatic heterocycles. The highest BCUT2D eigenvalue weighted by Crippen LogP contribution is 2.28. The van der Waals surface area contributed by atoms with Crippen molar-refractivity contribution >= 4 is 17.6 Å². The summed E-state index contributed by atoms with van der Waals surface area (Å²) < 4.78 is 0. The molecule has 0 atom stereocenters. The third-order valence-corrected chi connectivity index (χ3v) is 3.76. The predicted molar refractivity (Wildman–Crippen MR) is 76.4 cm³/mol. The van der Waals surface area contributed by atoms with E-state index >= 15 is 0 Å². The molecule has 0 saturated heterocycles. The second kappa shape index (κ2) is 6.05. The van der Waals surface area contributed by atoms with Gasteiger partial charge in [0.15, 0.2) is 0 Å². The summed E-state index contributed by atoms with van der Waals surface area (Å²) in [6.07, 6.45) is 3.95. The lowest BCUT2D eigenvalue weighted by molar-refractivity contribution is -0.137. The molecule has 0 radical (unpaired) electrons. The Morgan fingerprint density at radius 2 is 2.00 bits per heavy atom. The number of hydrogen-bond acceptors (Lipinski definition) is 3. The number of hydrogen-bond donors (Lipinski definition) is 3. The highest BCUT2D eigenvalue weighted by atomic mass is 16.4. The van der Waals surface area contributed by atoms with Crippen molar-refractivity contribution in [1.82, 2.24) is 0 Å². The number of anilines is 1. The first kappa shape index (κ1) is 14.5. The van der Waals surface area contributed by atoms with Gasteiger partial charge in [-0.25, -0.2) is 0 Å². The van der Waals surface area contributed by atoms with Crippen LogP contribution in [0.3, 0.4) is 0 Å². The molecular formula is C15H20N2O3. The maximum absolute atomic E-state index is 12.2. The maximum Gasteiger partial charge on any atom is 0.303 e. The van der Waals surface area contributed by atoms with E-state index in [9.17, 15) is 9.59 Å². The van der Waals surface area contributed by atoms with Gasteiger partial charge in [-0.3, -0.25) is 9.59 Å². The highest BCUT2D eigenvalue weighted by molar-refractivity contribution is 5.98. The summed E-state index contributed by atoms with van der Waals surface area (Å²) in [6, 6.07) is 7.26. The summed E-state index contributed by atoms with van der Waals surface area (Å²) in [5.74, 6) is -0.975. The molecule has 1 aliphatic rings. The Hall–Kier alpha value is -1.88. The Labute approximate surface area is 118 Å². The van der Waals surface area contributed by atoms with Crippen LogP contribution in [0.25, 0.3) is 0 Å². The van der Waals surface area contributed by atoms with Crippen molar-refractivity contribution in [2.24, 2.45) is 5.73 Å². The Morgan fingerprint density at radius 3 is 2.65 bits per heavy atom. The molecule has 1 saturated carbocycles. The van der Waals surface area contributed by atoms with Crippen molar-refractivity contribution in [2.75, 3.05) is 5.32 Å². The number of carbonyl (C=O) groups excluding carboxylic acids is 1. The van der Waals surface area contributed by atoms with Gasteiger partial charge >= 0.3 is 5.97 Å². The molecule has 1 amide bonds. The van der Waals surface area contributed by atoms with Crippen LogP contribution in [0, 0.1) is 0 Å². The molecular weight excluding hydrogens is 256 g/mol. The first-order valence-corrected chi connectivity index (χ1v) is 6.91. The number of carboxylic acid groups (broad SMARTS) is 1. The zero-order valence-corrected chi connectivity index (χ0v) is 11.4. The molecule has 0 unspecified atom stereocenters. The molecule has 5 heteroatoms. The molecule has 1 fully saturated rings. The van der Waals surface area contributed by atoms with Gasteiger partial charge in [0.1, 0.15) is 0 Å². The number of benzene rings is 1. The van der Waals surface area contributed by atoms with Crippen LogP contribution in [-0.2, 0) is 16.0 Å². The van der Waals surface area contributed by atoms with Crippen molar-refractivity contribution in [2.45, 2.75) is 44.1 Å². The minimum atomic E-state index is -0.827. The summed E-state index contributed by atoms with van der Waals surface area (Å²) in [5.41, 5.74) is 6.91. The monoisotopic (exact) mass is 276 g/mol. The van der Waals surface area contributed by atoms with Crippen LogP contribution >= 0.6 is 0 Å². The summed E-state index contributed by atoms with van der Waals surface area (Å²) in [6.45, 7) is 0. The van der Waals surface area contributed by atoms with Crippen LogP contribution in [0.1, 0.15) is 37.7 Å². The normalized spacial score (nSPS) is 16.9. The third-order valence-electron chi connectivity index (χ3n) is 3.76. The molecule has 1 aromatic rings. The van der Waals surface area contributed by atoms with E-state index in [2.05, 4.69) is 5.32 Å². The molecule has 1 aliphatic carbocycles. The highest BCUT2D eigenvalue weighted by Gasteiger charge is 2.36. The minimum Gasteiger partial charge on any atom is -0.481 e. The van der Waals surface area contributed by atoms with Crippen LogP contribution in [0.5, 0.6) is 0 Å². The van der Waals surface area contributed by atoms with Gasteiger partial charge < -0.3 is 16.2 Å². The molecule has 4 N–H and O–H groups in total. The average molecular weight is 276 g/mol. The van der Waals surface area contributed by atoms with E-state index < -0.39 is 11.5 Å². The van der Waals surface area contributed by atoms with Crippen molar-refractivity contribution in [3.8, 4) is 0 Å². The van der Waals surface area contributed by atoms with Gasteiger partial charge in [-0.15, -0.1) is 0 Å². The number of carboxylic acids is 1. The third kappa shape index (κ3) is 3.57. The lowest BCUT2D eigenvalue weighted by atomic mass is 9.98. The number of nitrogens with one attached hydrogen (secondary N) is 1. The maximum atomic E-state index is 12.2. The first-order valence-electron chi connectivity index (χ1n) is 6.91. The Morgan fingerprint density at radius 1 is 1.30 bits per heavy atom. The first-order chi connectivity index (χ1) is 9.49. The van der Waals surface area contributed by atoms with Gasteiger partial charge in [0.25, 0.3) is 0 Å². The molecule has 1 aromatic carbocycles. The number of rotatable bonds is 5. The molecule has 2 rings (SSSR count).